The first-order chi connectivity index (χ1) is 8.16. The topological polar surface area (TPSA) is 64.4 Å². The van der Waals surface area contributed by atoms with Crippen LogP contribution in [-0.4, -0.2) is 25.6 Å². The zero-order valence-electron chi connectivity index (χ0n) is 9.41. The van der Waals surface area contributed by atoms with Crippen molar-refractivity contribution in [2.24, 2.45) is 11.7 Å². The van der Waals surface area contributed by atoms with E-state index in [1.165, 1.54) is 0 Å². The maximum atomic E-state index is 11.0. The number of nitrogens with two attached hydrogens (primary N) is 1. The molecule has 1 aromatic carbocycles. The SMILES string of the molecule is NC(=O)c1ccc(OCC2CCNC2)cc1Cl. The highest BCUT2D eigenvalue weighted by Gasteiger charge is 2.15. The molecule has 0 spiro atoms. The Morgan fingerprint density at radius 3 is 3.00 bits per heavy atom. The van der Waals surface area contributed by atoms with Gasteiger partial charge in [0.25, 0.3) is 0 Å². The van der Waals surface area contributed by atoms with E-state index in [1.807, 2.05) is 0 Å². The average Bonchev–Trinajstić information content (AvgIpc) is 2.78. The number of ether oxygens (including phenoxy) is 1. The number of hydrogen-bond donors (Lipinski definition) is 2. The molecule has 0 radical (unpaired) electrons. The normalized spacial score (nSPS) is 19.2. The Kier molecular flexibility index (Phi) is 3.86. The quantitative estimate of drug-likeness (QED) is 0.854. The summed E-state index contributed by atoms with van der Waals surface area (Å²) in [4.78, 5) is 11.0. The minimum Gasteiger partial charge on any atom is -0.493 e. The Morgan fingerprint density at radius 2 is 2.41 bits per heavy atom. The number of nitrogens with one attached hydrogen (secondary N) is 1. The number of halogens is 1. The van der Waals surface area contributed by atoms with E-state index < -0.39 is 5.91 Å². The van der Waals surface area contributed by atoms with Gasteiger partial charge in [0.15, 0.2) is 0 Å². The van der Waals surface area contributed by atoms with Crippen LogP contribution in [-0.2, 0) is 0 Å². The smallest absolute Gasteiger partial charge is 0.250 e. The summed E-state index contributed by atoms with van der Waals surface area (Å²) in [6, 6.07) is 4.94. The Morgan fingerprint density at radius 1 is 1.59 bits per heavy atom. The monoisotopic (exact) mass is 254 g/mol. The third-order valence-electron chi connectivity index (χ3n) is 2.85. The van der Waals surface area contributed by atoms with E-state index in [9.17, 15) is 4.79 Å². The van der Waals surface area contributed by atoms with E-state index in [1.54, 1.807) is 18.2 Å². The number of benzene rings is 1. The van der Waals surface area contributed by atoms with Crippen molar-refractivity contribution in [2.45, 2.75) is 6.42 Å². The fraction of sp³-hybridized carbons (Fsp3) is 0.417. The number of hydrogen-bond acceptors (Lipinski definition) is 3. The Labute approximate surface area is 105 Å². The lowest BCUT2D eigenvalue weighted by Gasteiger charge is -2.11. The van der Waals surface area contributed by atoms with Gasteiger partial charge in [-0.15, -0.1) is 0 Å². The highest BCUT2D eigenvalue weighted by molar-refractivity contribution is 6.33. The summed E-state index contributed by atoms with van der Waals surface area (Å²) >= 11 is 5.93. The number of rotatable bonds is 4. The van der Waals surface area contributed by atoms with Gasteiger partial charge in [-0.3, -0.25) is 4.79 Å². The van der Waals surface area contributed by atoms with E-state index in [4.69, 9.17) is 22.1 Å². The van der Waals surface area contributed by atoms with E-state index in [2.05, 4.69) is 5.32 Å². The molecule has 1 fully saturated rings. The summed E-state index contributed by atoms with van der Waals surface area (Å²) in [6.45, 7) is 2.71. The molecule has 5 heteroatoms. The van der Waals surface area contributed by atoms with Gasteiger partial charge >= 0.3 is 0 Å². The van der Waals surface area contributed by atoms with Crippen LogP contribution in [0.4, 0.5) is 0 Å². The molecule has 4 nitrogen and oxygen atoms in total. The van der Waals surface area contributed by atoms with E-state index in [0.29, 0.717) is 28.9 Å². The van der Waals surface area contributed by atoms with Gasteiger partial charge in [0, 0.05) is 12.5 Å². The zero-order valence-corrected chi connectivity index (χ0v) is 10.2. The van der Waals surface area contributed by atoms with Gasteiger partial charge in [0.1, 0.15) is 5.75 Å². The molecule has 1 aliphatic heterocycles. The van der Waals surface area contributed by atoms with Crippen molar-refractivity contribution in [3.63, 3.8) is 0 Å². The van der Waals surface area contributed by atoms with Crippen LogP contribution in [0.3, 0.4) is 0 Å². The first-order valence-corrected chi connectivity index (χ1v) is 5.97. The van der Waals surface area contributed by atoms with Crippen LogP contribution in [0.25, 0.3) is 0 Å². The minimum atomic E-state index is -0.526. The van der Waals surface area contributed by atoms with Gasteiger partial charge in [0.05, 0.1) is 17.2 Å². The molecule has 1 amide bonds. The van der Waals surface area contributed by atoms with E-state index in [-0.39, 0.29) is 0 Å². The second kappa shape index (κ2) is 5.38. The largest absolute Gasteiger partial charge is 0.493 e. The fourth-order valence-corrected chi connectivity index (χ4v) is 2.12. The van der Waals surface area contributed by atoms with E-state index >= 15 is 0 Å². The highest BCUT2D eigenvalue weighted by atomic mass is 35.5. The fourth-order valence-electron chi connectivity index (χ4n) is 1.86. The number of primary amides is 1. The van der Waals surface area contributed by atoms with Crippen LogP contribution in [0.15, 0.2) is 18.2 Å². The number of carbonyl (C=O) groups excluding carboxylic acids is 1. The summed E-state index contributed by atoms with van der Waals surface area (Å²) in [6.07, 6.45) is 1.13. The molecule has 0 aromatic heterocycles. The van der Waals surface area contributed by atoms with Gasteiger partial charge in [-0.2, -0.15) is 0 Å². The standard InChI is InChI=1S/C12H15ClN2O2/c13-11-5-9(1-2-10(11)12(14)16)17-7-8-3-4-15-6-8/h1-2,5,8,15H,3-4,6-7H2,(H2,14,16). The van der Waals surface area contributed by atoms with Crippen LogP contribution >= 0.6 is 11.6 Å². The predicted molar refractivity (Wildman–Crippen MR) is 66.4 cm³/mol. The molecule has 0 aliphatic carbocycles. The van der Waals surface area contributed by atoms with Crippen LogP contribution in [0.2, 0.25) is 5.02 Å². The molecule has 92 valence electrons. The van der Waals surface area contributed by atoms with Crippen molar-refractivity contribution in [3.05, 3.63) is 28.8 Å². The van der Waals surface area contributed by atoms with Crippen LogP contribution < -0.4 is 15.8 Å². The molecule has 1 unspecified atom stereocenters. The average molecular weight is 255 g/mol. The van der Waals surface area contributed by atoms with Gasteiger partial charge < -0.3 is 15.8 Å². The maximum Gasteiger partial charge on any atom is 0.250 e. The third kappa shape index (κ3) is 3.11. The lowest BCUT2D eigenvalue weighted by molar-refractivity contribution is 0.100. The molecule has 3 N–H and O–H groups in total. The number of carbonyl (C=O) groups is 1. The predicted octanol–water partition coefficient (Wildman–Crippen LogP) is 1.43. The van der Waals surface area contributed by atoms with Crippen molar-refractivity contribution < 1.29 is 9.53 Å². The van der Waals surface area contributed by atoms with Crippen molar-refractivity contribution in [1.29, 1.82) is 0 Å². The van der Waals surface area contributed by atoms with Crippen LogP contribution in [0.5, 0.6) is 5.75 Å². The van der Waals surface area contributed by atoms with Crippen LogP contribution in [0, 0.1) is 5.92 Å². The molecule has 1 aromatic rings. The minimum absolute atomic E-state index is 0.321. The molecule has 1 heterocycles. The Bertz CT molecular complexity index is 417. The Hall–Kier alpha value is -1.26. The summed E-state index contributed by atoms with van der Waals surface area (Å²) in [5, 5.41) is 3.61. The van der Waals surface area contributed by atoms with Crippen LogP contribution in [0.1, 0.15) is 16.8 Å². The van der Waals surface area contributed by atoms with Gasteiger partial charge in [-0.05, 0) is 31.2 Å². The van der Waals surface area contributed by atoms with Crippen molar-refractivity contribution in [3.8, 4) is 5.75 Å². The van der Waals surface area contributed by atoms with Gasteiger partial charge in [-0.25, -0.2) is 0 Å². The third-order valence-corrected chi connectivity index (χ3v) is 3.17. The molecule has 2 rings (SSSR count). The molecule has 0 bridgehead atoms. The van der Waals surface area contributed by atoms with Crippen molar-refractivity contribution >= 4 is 17.5 Å². The maximum absolute atomic E-state index is 11.0. The molecular weight excluding hydrogens is 240 g/mol. The lowest BCUT2D eigenvalue weighted by Crippen LogP contribution is -2.16. The van der Waals surface area contributed by atoms with Gasteiger partial charge in [-0.1, -0.05) is 11.6 Å². The Balaban J connectivity index is 1.97. The first-order valence-electron chi connectivity index (χ1n) is 5.59. The molecule has 1 aliphatic rings. The highest BCUT2D eigenvalue weighted by Crippen LogP contribution is 2.23. The second-order valence-corrected chi connectivity index (χ2v) is 4.58. The van der Waals surface area contributed by atoms with Crippen molar-refractivity contribution in [1.82, 2.24) is 5.32 Å². The summed E-state index contributed by atoms with van der Waals surface area (Å²) in [7, 11) is 0. The summed E-state index contributed by atoms with van der Waals surface area (Å²) < 4.78 is 5.63. The van der Waals surface area contributed by atoms with Gasteiger partial charge in [0.2, 0.25) is 5.91 Å². The molecule has 0 saturated carbocycles. The second-order valence-electron chi connectivity index (χ2n) is 4.18. The first kappa shape index (κ1) is 12.2. The van der Waals surface area contributed by atoms with Crippen molar-refractivity contribution in [2.75, 3.05) is 19.7 Å². The van der Waals surface area contributed by atoms with E-state index in [0.717, 1.165) is 19.5 Å². The molecule has 1 saturated heterocycles. The number of amides is 1. The summed E-state index contributed by atoms with van der Waals surface area (Å²) in [5.41, 5.74) is 5.49. The molecular formula is C12H15ClN2O2. The zero-order chi connectivity index (χ0) is 12.3. The molecule has 1 atom stereocenters. The summed E-state index contributed by atoms with van der Waals surface area (Å²) in [5.74, 6) is 0.693. The molecule has 17 heavy (non-hydrogen) atoms. The lowest BCUT2D eigenvalue weighted by atomic mass is 10.1.